The SMILES string of the molecule is CC(C)COC(=O)N1c2ccccc2C(C(=O)O)CC1C. The summed E-state index contributed by atoms with van der Waals surface area (Å²) in [6, 6.07) is 6.93. The first-order valence-electron chi connectivity index (χ1n) is 7.19. The molecule has 1 N–H and O–H groups in total. The predicted octanol–water partition coefficient (Wildman–Crippen LogP) is 3.25. The summed E-state index contributed by atoms with van der Waals surface area (Å²) in [4.78, 5) is 25.3. The summed E-state index contributed by atoms with van der Waals surface area (Å²) in [6.45, 7) is 6.15. The van der Waals surface area contributed by atoms with Gasteiger partial charge in [-0.05, 0) is 30.9 Å². The average molecular weight is 291 g/mol. The lowest BCUT2D eigenvalue weighted by Crippen LogP contribution is -2.45. The molecule has 0 saturated heterocycles. The summed E-state index contributed by atoms with van der Waals surface area (Å²) >= 11 is 0. The smallest absolute Gasteiger partial charge is 0.414 e. The highest BCUT2D eigenvalue weighted by molar-refractivity contribution is 5.92. The van der Waals surface area contributed by atoms with Crippen LogP contribution in [0.4, 0.5) is 10.5 Å². The number of hydrogen-bond donors (Lipinski definition) is 1. The third kappa shape index (κ3) is 3.17. The van der Waals surface area contributed by atoms with E-state index in [-0.39, 0.29) is 12.0 Å². The van der Waals surface area contributed by atoms with Crippen molar-refractivity contribution in [2.75, 3.05) is 11.5 Å². The van der Waals surface area contributed by atoms with Crippen molar-refractivity contribution < 1.29 is 19.4 Å². The van der Waals surface area contributed by atoms with Gasteiger partial charge in [-0.1, -0.05) is 32.0 Å². The largest absolute Gasteiger partial charge is 0.481 e. The van der Waals surface area contributed by atoms with Crippen LogP contribution in [0.3, 0.4) is 0 Å². The molecule has 1 aliphatic rings. The second kappa shape index (κ2) is 6.16. The maximum absolute atomic E-state index is 12.3. The quantitative estimate of drug-likeness (QED) is 0.928. The van der Waals surface area contributed by atoms with Gasteiger partial charge in [-0.2, -0.15) is 0 Å². The van der Waals surface area contributed by atoms with Gasteiger partial charge in [-0.25, -0.2) is 4.79 Å². The number of carbonyl (C=O) groups is 2. The zero-order chi connectivity index (χ0) is 15.6. The molecule has 0 bridgehead atoms. The molecule has 0 fully saturated rings. The molecule has 2 unspecified atom stereocenters. The van der Waals surface area contributed by atoms with Crippen LogP contribution in [0.2, 0.25) is 0 Å². The van der Waals surface area contributed by atoms with Crippen LogP contribution in [-0.2, 0) is 9.53 Å². The molecule has 5 heteroatoms. The first-order chi connectivity index (χ1) is 9.91. The molecule has 0 aromatic heterocycles. The van der Waals surface area contributed by atoms with Crippen LogP contribution in [0.15, 0.2) is 24.3 Å². The second-order valence-corrected chi connectivity index (χ2v) is 5.88. The molecule has 114 valence electrons. The van der Waals surface area contributed by atoms with Crippen molar-refractivity contribution in [1.29, 1.82) is 0 Å². The van der Waals surface area contributed by atoms with Gasteiger partial charge < -0.3 is 9.84 Å². The molecular formula is C16H21NO4. The highest BCUT2D eigenvalue weighted by atomic mass is 16.6. The van der Waals surface area contributed by atoms with E-state index < -0.39 is 18.0 Å². The standard InChI is InChI=1S/C16H21NO4/c1-10(2)9-21-16(20)17-11(3)8-13(15(18)19)12-6-4-5-7-14(12)17/h4-7,10-11,13H,8-9H2,1-3H3,(H,18,19). The minimum absolute atomic E-state index is 0.208. The van der Waals surface area contributed by atoms with E-state index in [4.69, 9.17) is 4.74 Å². The van der Waals surface area contributed by atoms with Crippen LogP contribution in [0, 0.1) is 5.92 Å². The Kier molecular flexibility index (Phi) is 4.50. The first-order valence-corrected chi connectivity index (χ1v) is 7.19. The Morgan fingerprint density at radius 1 is 1.38 bits per heavy atom. The maximum atomic E-state index is 12.3. The number of carboxylic acid groups (broad SMARTS) is 1. The first kappa shape index (κ1) is 15.4. The van der Waals surface area contributed by atoms with Crippen molar-refractivity contribution in [3.8, 4) is 0 Å². The molecule has 2 atom stereocenters. The second-order valence-electron chi connectivity index (χ2n) is 5.88. The molecule has 0 spiro atoms. The molecule has 0 aliphatic carbocycles. The number of carbonyl (C=O) groups excluding carboxylic acids is 1. The van der Waals surface area contributed by atoms with Gasteiger partial charge in [0.05, 0.1) is 18.2 Å². The van der Waals surface area contributed by atoms with E-state index in [1.54, 1.807) is 29.2 Å². The third-order valence-electron chi connectivity index (χ3n) is 3.62. The zero-order valence-electron chi connectivity index (χ0n) is 12.6. The molecule has 1 aliphatic heterocycles. The minimum atomic E-state index is -0.857. The predicted molar refractivity (Wildman–Crippen MR) is 79.6 cm³/mol. The fraction of sp³-hybridized carbons (Fsp3) is 0.500. The Bertz CT molecular complexity index is 541. The number of benzene rings is 1. The van der Waals surface area contributed by atoms with E-state index in [0.717, 1.165) is 0 Å². The van der Waals surface area contributed by atoms with Crippen LogP contribution in [-0.4, -0.2) is 29.8 Å². The molecule has 1 amide bonds. The van der Waals surface area contributed by atoms with Crippen LogP contribution < -0.4 is 4.90 Å². The third-order valence-corrected chi connectivity index (χ3v) is 3.62. The Morgan fingerprint density at radius 3 is 2.67 bits per heavy atom. The van der Waals surface area contributed by atoms with Crippen molar-refractivity contribution in [3.63, 3.8) is 0 Å². The van der Waals surface area contributed by atoms with Crippen molar-refractivity contribution in [2.45, 2.75) is 39.2 Å². The van der Waals surface area contributed by atoms with E-state index in [1.807, 2.05) is 20.8 Å². The van der Waals surface area contributed by atoms with Gasteiger partial charge >= 0.3 is 12.1 Å². The van der Waals surface area contributed by atoms with E-state index in [1.165, 1.54) is 0 Å². The van der Waals surface area contributed by atoms with Crippen LogP contribution >= 0.6 is 0 Å². The Hall–Kier alpha value is -2.04. The van der Waals surface area contributed by atoms with Gasteiger partial charge in [0.25, 0.3) is 0 Å². The highest BCUT2D eigenvalue weighted by Crippen LogP contribution is 2.38. The Morgan fingerprint density at radius 2 is 2.05 bits per heavy atom. The average Bonchev–Trinajstić information content (AvgIpc) is 2.43. The number of hydrogen-bond acceptors (Lipinski definition) is 3. The highest BCUT2D eigenvalue weighted by Gasteiger charge is 2.37. The van der Waals surface area contributed by atoms with Gasteiger partial charge in [0.1, 0.15) is 0 Å². The summed E-state index contributed by atoms with van der Waals surface area (Å²) in [5, 5.41) is 9.37. The van der Waals surface area contributed by atoms with E-state index in [2.05, 4.69) is 0 Å². The number of para-hydroxylation sites is 1. The van der Waals surface area contributed by atoms with E-state index in [9.17, 15) is 14.7 Å². The lowest BCUT2D eigenvalue weighted by atomic mass is 9.86. The number of aliphatic carboxylic acids is 1. The van der Waals surface area contributed by atoms with Crippen LogP contribution in [0.25, 0.3) is 0 Å². The molecule has 21 heavy (non-hydrogen) atoms. The summed E-state index contributed by atoms with van der Waals surface area (Å²) in [5.74, 6) is -1.18. The molecule has 1 heterocycles. The lowest BCUT2D eigenvalue weighted by Gasteiger charge is -2.37. The number of anilines is 1. The number of rotatable bonds is 3. The number of amides is 1. The molecule has 1 aromatic carbocycles. The van der Waals surface area contributed by atoms with Crippen molar-refractivity contribution in [1.82, 2.24) is 0 Å². The van der Waals surface area contributed by atoms with Gasteiger partial charge in [0, 0.05) is 6.04 Å². The number of nitrogens with zero attached hydrogens (tertiary/aromatic N) is 1. The normalized spacial score (nSPS) is 21.0. The summed E-state index contributed by atoms with van der Waals surface area (Å²) < 4.78 is 5.31. The Labute approximate surface area is 124 Å². The van der Waals surface area contributed by atoms with Gasteiger partial charge in [-0.3, -0.25) is 9.69 Å². The molecule has 0 radical (unpaired) electrons. The fourth-order valence-electron chi connectivity index (χ4n) is 2.63. The minimum Gasteiger partial charge on any atom is -0.481 e. The summed E-state index contributed by atoms with van der Waals surface area (Å²) in [7, 11) is 0. The van der Waals surface area contributed by atoms with Crippen molar-refractivity contribution in [2.24, 2.45) is 5.92 Å². The van der Waals surface area contributed by atoms with Crippen LogP contribution in [0.5, 0.6) is 0 Å². The molecule has 5 nitrogen and oxygen atoms in total. The maximum Gasteiger partial charge on any atom is 0.414 e. The monoisotopic (exact) mass is 291 g/mol. The summed E-state index contributed by atoms with van der Waals surface area (Å²) in [6.07, 6.45) is -0.0177. The molecular weight excluding hydrogens is 270 g/mol. The van der Waals surface area contributed by atoms with E-state index in [0.29, 0.717) is 24.3 Å². The topological polar surface area (TPSA) is 66.8 Å². The lowest BCUT2D eigenvalue weighted by molar-refractivity contribution is -0.139. The van der Waals surface area contributed by atoms with E-state index >= 15 is 0 Å². The van der Waals surface area contributed by atoms with Crippen molar-refractivity contribution in [3.05, 3.63) is 29.8 Å². The fourth-order valence-corrected chi connectivity index (χ4v) is 2.63. The van der Waals surface area contributed by atoms with Crippen molar-refractivity contribution >= 4 is 17.7 Å². The number of carboxylic acids is 1. The molecule has 0 saturated carbocycles. The van der Waals surface area contributed by atoms with Gasteiger partial charge in [0.2, 0.25) is 0 Å². The number of ether oxygens (including phenoxy) is 1. The Balaban J connectivity index is 2.32. The molecule has 2 rings (SSSR count). The zero-order valence-corrected chi connectivity index (χ0v) is 12.6. The number of fused-ring (bicyclic) bond motifs is 1. The summed E-state index contributed by atoms with van der Waals surface area (Å²) in [5.41, 5.74) is 1.31. The van der Waals surface area contributed by atoms with Gasteiger partial charge in [-0.15, -0.1) is 0 Å². The van der Waals surface area contributed by atoms with Gasteiger partial charge in [0.15, 0.2) is 0 Å². The van der Waals surface area contributed by atoms with Crippen LogP contribution in [0.1, 0.15) is 38.7 Å². The molecule has 1 aromatic rings.